The van der Waals surface area contributed by atoms with E-state index in [1.165, 1.54) is 12.4 Å². The number of rotatable bonds is 6. The molecule has 17 heavy (non-hydrogen) atoms. The SMILES string of the molecule is CC(C)OCCS(=O)(=O)Nc1nccnc1Cl. The summed E-state index contributed by atoms with van der Waals surface area (Å²) in [5, 5.41) is 0.0147. The van der Waals surface area contributed by atoms with Crippen molar-refractivity contribution in [1.82, 2.24) is 9.97 Å². The number of halogens is 1. The molecular formula is C9H14ClN3O3S. The van der Waals surface area contributed by atoms with Gasteiger partial charge in [0, 0.05) is 12.4 Å². The van der Waals surface area contributed by atoms with Gasteiger partial charge in [0.15, 0.2) is 11.0 Å². The van der Waals surface area contributed by atoms with Crippen LogP contribution >= 0.6 is 11.6 Å². The Kier molecular flexibility index (Phi) is 5.10. The molecule has 96 valence electrons. The van der Waals surface area contributed by atoms with Gasteiger partial charge in [0.2, 0.25) is 10.0 Å². The fourth-order valence-corrected chi connectivity index (χ4v) is 2.05. The van der Waals surface area contributed by atoms with Crippen molar-refractivity contribution in [2.45, 2.75) is 20.0 Å². The second-order valence-electron chi connectivity index (χ2n) is 3.54. The molecule has 8 heteroatoms. The fourth-order valence-electron chi connectivity index (χ4n) is 0.981. The minimum atomic E-state index is -3.51. The van der Waals surface area contributed by atoms with E-state index in [4.69, 9.17) is 16.3 Å². The van der Waals surface area contributed by atoms with Gasteiger partial charge in [-0.25, -0.2) is 18.4 Å². The molecule has 0 aliphatic rings. The Labute approximate surface area is 105 Å². The average molecular weight is 280 g/mol. The van der Waals surface area contributed by atoms with Crippen LogP contribution in [-0.4, -0.2) is 36.8 Å². The van der Waals surface area contributed by atoms with E-state index in [9.17, 15) is 8.42 Å². The molecule has 1 N–H and O–H groups in total. The van der Waals surface area contributed by atoms with Crippen LogP contribution in [0, 0.1) is 0 Å². The van der Waals surface area contributed by atoms with Gasteiger partial charge in [-0.05, 0) is 13.8 Å². The molecule has 1 heterocycles. The van der Waals surface area contributed by atoms with Crippen LogP contribution in [0.15, 0.2) is 12.4 Å². The van der Waals surface area contributed by atoms with Crippen LogP contribution in [0.1, 0.15) is 13.8 Å². The molecule has 0 bridgehead atoms. The predicted molar refractivity (Wildman–Crippen MR) is 65.5 cm³/mol. The first-order valence-electron chi connectivity index (χ1n) is 4.99. The Morgan fingerprint density at radius 3 is 2.65 bits per heavy atom. The van der Waals surface area contributed by atoms with Gasteiger partial charge in [0.05, 0.1) is 18.5 Å². The minimum absolute atomic E-state index is 0.00898. The molecule has 0 saturated carbocycles. The van der Waals surface area contributed by atoms with Gasteiger partial charge in [-0.15, -0.1) is 0 Å². The zero-order chi connectivity index (χ0) is 12.9. The Balaban J connectivity index is 2.58. The first-order valence-corrected chi connectivity index (χ1v) is 7.02. The van der Waals surface area contributed by atoms with Gasteiger partial charge < -0.3 is 4.74 Å². The Morgan fingerprint density at radius 2 is 2.06 bits per heavy atom. The van der Waals surface area contributed by atoms with E-state index < -0.39 is 10.0 Å². The van der Waals surface area contributed by atoms with Gasteiger partial charge in [-0.2, -0.15) is 0 Å². The standard InChI is InChI=1S/C9H14ClN3O3S/c1-7(2)16-5-6-17(14,15)13-9-8(10)11-3-4-12-9/h3-4,7H,5-6H2,1-2H3,(H,12,13). The van der Waals surface area contributed by atoms with Crippen LogP contribution in [0.3, 0.4) is 0 Å². The number of hydrogen-bond acceptors (Lipinski definition) is 5. The van der Waals surface area contributed by atoms with E-state index in [1.807, 2.05) is 13.8 Å². The van der Waals surface area contributed by atoms with Crippen molar-refractivity contribution in [3.05, 3.63) is 17.5 Å². The van der Waals surface area contributed by atoms with Crippen molar-refractivity contribution in [2.24, 2.45) is 0 Å². The zero-order valence-corrected chi connectivity index (χ0v) is 11.1. The van der Waals surface area contributed by atoms with Crippen molar-refractivity contribution in [1.29, 1.82) is 0 Å². The zero-order valence-electron chi connectivity index (χ0n) is 9.55. The minimum Gasteiger partial charge on any atom is -0.378 e. The summed E-state index contributed by atoms with van der Waals surface area (Å²) in [5.74, 6) is -0.128. The highest BCUT2D eigenvalue weighted by molar-refractivity contribution is 7.92. The number of anilines is 1. The van der Waals surface area contributed by atoms with E-state index in [0.29, 0.717) is 0 Å². The van der Waals surface area contributed by atoms with Crippen molar-refractivity contribution in [3.8, 4) is 0 Å². The van der Waals surface area contributed by atoms with E-state index >= 15 is 0 Å². The summed E-state index contributed by atoms with van der Waals surface area (Å²) in [4.78, 5) is 7.50. The maximum atomic E-state index is 11.6. The number of hydrogen-bond donors (Lipinski definition) is 1. The Hall–Kier alpha value is -0.920. The molecule has 0 saturated heterocycles. The summed E-state index contributed by atoms with van der Waals surface area (Å²) in [7, 11) is -3.51. The monoisotopic (exact) mass is 279 g/mol. The van der Waals surface area contributed by atoms with Crippen LogP contribution in [-0.2, 0) is 14.8 Å². The Bertz CT molecular complexity index is 464. The van der Waals surface area contributed by atoms with E-state index in [2.05, 4.69) is 14.7 Å². The van der Waals surface area contributed by atoms with E-state index in [1.54, 1.807) is 0 Å². The number of ether oxygens (including phenoxy) is 1. The smallest absolute Gasteiger partial charge is 0.236 e. The number of nitrogens with one attached hydrogen (secondary N) is 1. The maximum absolute atomic E-state index is 11.6. The lowest BCUT2D eigenvalue weighted by atomic mass is 10.5. The first-order chi connectivity index (χ1) is 7.91. The molecule has 1 rings (SSSR count). The molecule has 0 radical (unpaired) electrons. The lowest BCUT2D eigenvalue weighted by molar-refractivity contribution is 0.0913. The van der Waals surface area contributed by atoms with Crippen LogP contribution in [0.2, 0.25) is 5.15 Å². The third kappa shape index (κ3) is 5.29. The van der Waals surface area contributed by atoms with Crippen molar-refractivity contribution >= 4 is 27.4 Å². The van der Waals surface area contributed by atoms with E-state index in [-0.39, 0.29) is 29.4 Å². The quantitative estimate of drug-likeness (QED) is 0.849. The van der Waals surface area contributed by atoms with Crippen LogP contribution < -0.4 is 4.72 Å². The molecule has 0 aliphatic carbocycles. The van der Waals surface area contributed by atoms with Crippen molar-refractivity contribution in [3.63, 3.8) is 0 Å². The fraction of sp³-hybridized carbons (Fsp3) is 0.556. The Morgan fingerprint density at radius 1 is 1.41 bits per heavy atom. The highest BCUT2D eigenvalue weighted by atomic mass is 35.5. The number of aromatic nitrogens is 2. The second kappa shape index (κ2) is 6.13. The summed E-state index contributed by atoms with van der Waals surface area (Å²) in [6.07, 6.45) is 2.72. The molecular weight excluding hydrogens is 266 g/mol. The summed E-state index contributed by atoms with van der Waals surface area (Å²) in [5.41, 5.74) is 0. The average Bonchev–Trinajstić information content (AvgIpc) is 2.20. The molecule has 0 atom stereocenters. The molecule has 1 aromatic rings. The molecule has 0 aliphatic heterocycles. The summed E-state index contributed by atoms with van der Waals surface area (Å²) in [6.45, 7) is 3.78. The number of sulfonamides is 1. The van der Waals surface area contributed by atoms with Gasteiger partial charge in [-0.1, -0.05) is 11.6 Å². The van der Waals surface area contributed by atoms with Crippen molar-refractivity contribution in [2.75, 3.05) is 17.1 Å². The van der Waals surface area contributed by atoms with E-state index in [0.717, 1.165) is 0 Å². The second-order valence-corrected chi connectivity index (χ2v) is 5.74. The lowest BCUT2D eigenvalue weighted by Crippen LogP contribution is -2.22. The molecule has 1 aromatic heterocycles. The topological polar surface area (TPSA) is 81.2 Å². The van der Waals surface area contributed by atoms with Gasteiger partial charge in [-0.3, -0.25) is 4.72 Å². The van der Waals surface area contributed by atoms with Crippen molar-refractivity contribution < 1.29 is 13.2 Å². The largest absolute Gasteiger partial charge is 0.378 e. The van der Waals surface area contributed by atoms with Crippen LogP contribution in [0.4, 0.5) is 5.82 Å². The lowest BCUT2D eigenvalue weighted by Gasteiger charge is -2.09. The first kappa shape index (κ1) is 14.1. The summed E-state index contributed by atoms with van der Waals surface area (Å²) in [6, 6.07) is 0. The van der Waals surface area contributed by atoms with Crippen LogP contribution in [0.5, 0.6) is 0 Å². The van der Waals surface area contributed by atoms with Crippen LogP contribution in [0.25, 0.3) is 0 Å². The molecule has 6 nitrogen and oxygen atoms in total. The van der Waals surface area contributed by atoms with Gasteiger partial charge in [0.1, 0.15) is 0 Å². The number of nitrogens with zero attached hydrogens (tertiary/aromatic N) is 2. The molecule has 0 unspecified atom stereocenters. The summed E-state index contributed by atoms with van der Waals surface area (Å²) >= 11 is 5.68. The highest BCUT2D eigenvalue weighted by Gasteiger charge is 2.14. The van der Waals surface area contributed by atoms with Gasteiger partial charge in [0.25, 0.3) is 0 Å². The third-order valence-electron chi connectivity index (χ3n) is 1.71. The summed E-state index contributed by atoms with van der Waals surface area (Å²) < 4.78 is 30.6. The molecule has 0 aromatic carbocycles. The highest BCUT2D eigenvalue weighted by Crippen LogP contribution is 2.15. The normalized spacial score (nSPS) is 11.8. The molecule has 0 spiro atoms. The van der Waals surface area contributed by atoms with Gasteiger partial charge >= 0.3 is 0 Å². The maximum Gasteiger partial charge on any atom is 0.236 e. The molecule has 0 fully saturated rings. The molecule has 0 amide bonds. The predicted octanol–water partition coefficient (Wildman–Crippen LogP) is 1.30. The third-order valence-corrected chi connectivity index (χ3v) is 3.19.